The summed E-state index contributed by atoms with van der Waals surface area (Å²) in [5, 5.41) is 10.7. The molecule has 8 heteroatoms. The second-order valence-corrected chi connectivity index (χ2v) is 5.20. The Balaban J connectivity index is 2.94. The highest BCUT2D eigenvalue weighted by Gasteiger charge is 2.16. The zero-order valence-corrected chi connectivity index (χ0v) is 10.2. The van der Waals surface area contributed by atoms with Gasteiger partial charge >= 0.3 is 0 Å². The molecule has 1 rings (SSSR count). The SMILES string of the molecule is CCS(=O)(=O)OCc1nccc([N+](=O)[O-])c1C. The lowest BCUT2D eigenvalue weighted by atomic mass is 10.2. The van der Waals surface area contributed by atoms with Crippen molar-refractivity contribution in [1.29, 1.82) is 0 Å². The van der Waals surface area contributed by atoms with Crippen molar-refractivity contribution in [2.75, 3.05) is 5.75 Å². The van der Waals surface area contributed by atoms with Gasteiger partial charge in [-0.25, -0.2) is 0 Å². The van der Waals surface area contributed by atoms with Gasteiger partial charge < -0.3 is 0 Å². The number of rotatable bonds is 5. The van der Waals surface area contributed by atoms with Gasteiger partial charge in [0.1, 0.15) is 6.61 Å². The van der Waals surface area contributed by atoms with Crippen molar-refractivity contribution < 1.29 is 17.5 Å². The maximum absolute atomic E-state index is 11.1. The molecule has 0 radical (unpaired) electrons. The van der Waals surface area contributed by atoms with Gasteiger partial charge in [0, 0.05) is 12.3 Å². The highest BCUT2D eigenvalue weighted by atomic mass is 32.2. The summed E-state index contributed by atoms with van der Waals surface area (Å²) in [5.41, 5.74) is 0.451. The molecule has 0 spiro atoms. The molecular formula is C9H12N2O5S. The standard InChI is InChI=1S/C9H12N2O5S/c1-3-17(14,15)16-6-8-7(2)9(11(12)13)4-5-10-8/h4-5H,3,6H2,1-2H3. The molecule has 0 unspecified atom stereocenters. The highest BCUT2D eigenvalue weighted by molar-refractivity contribution is 7.86. The fraction of sp³-hybridized carbons (Fsp3) is 0.444. The topological polar surface area (TPSA) is 99.4 Å². The maximum atomic E-state index is 11.1. The highest BCUT2D eigenvalue weighted by Crippen LogP contribution is 2.19. The Morgan fingerprint density at radius 1 is 1.53 bits per heavy atom. The van der Waals surface area contributed by atoms with Crippen LogP contribution in [0.3, 0.4) is 0 Å². The largest absolute Gasteiger partial charge is 0.275 e. The van der Waals surface area contributed by atoms with E-state index < -0.39 is 15.0 Å². The van der Waals surface area contributed by atoms with Gasteiger partial charge in [0.2, 0.25) is 0 Å². The first-order valence-electron chi connectivity index (χ1n) is 4.83. The zero-order chi connectivity index (χ0) is 13.1. The van der Waals surface area contributed by atoms with E-state index in [9.17, 15) is 18.5 Å². The molecule has 0 amide bonds. The van der Waals surface area contributed by atoms with E-state index in [2.05, 4.69) is 9.17 Å². The number of nitrogens with zero attached hydrogens (tertiary/aromatic N) is 2. The molecule has 0 saturated carbocycles. The molecule has 1 aromatic rings. The summed E-state index contributed by atoms with van der Waals surface area (Å²) in [6, 6.07) is 1.26. The molecule has 7 nitrogen and oxygen atoms in total. The van der Waals surface area contributed by atoms with Crippen LogP contribution in [0, 0.1) is 17.0 Å². The third kappa shape index (κ3) is 3.46. The molecule has 0 aromatic carbocycles. The minimum Gasteiger partial charge on any atom is -0.264 e. The molecule has 0 bridgehead atoms. The predicted octanol–water partition coefficient (Wildman–Crippen LogP) is 1.16. The van der Waals surface area contributed by atoms with Crippen molar-refractivity contribution in [2.24, 2.45) is 0 Å². The summed E-state index contributed by atoms with van der Waals surface area (Å²) < 4.78 is 26.9. The Bertz CT molecular complexity index is 526. The van der Waals surface area contributed by atoms with E-state index in [-0.39, 0.29) is 23.7 Å². The van der Waals surface area contributed by atoms with Crippen molar-refractivity contribution in [3.63, 3.8) is 0 Å². The van der Waals surface area contributed by atoms with Crippen LogP contribution in [-0.4, -0.2) is 24.1 Å². The number of aromatic nitrogens is 1. The Hall–Kier alpha value is -1.54. The fourth-order valence-electron chi connectivity index (χ4n) is 1.14. The Morgan fingerprint density at radius 2 is 2.18 bits per heavy atom. The molecule has 1 aromatic heterocycles. The van der Waals surface area contributed by atoms with E-state index in [0.717, 1.165) is 0 Å². The van der Waals surface area contributed by atoms with E-state index in [4.69, 9.17) is 0 Å². The molecule has 0 fully saturated rings. The molecule has 0 atom stereocenters. The Kier molecular flexibility index (Phi) is 4.13. The first-order valence-corrected chi connectivity index (χ1v) is 6.41. The van der Waals surface area contributed by atoms with Crippen molar-refractivity contribution in [2.45, 2.75) is 20.5 Å². The van der Waals surface area contributed by atoms with Gasteiger partial charge in [-0.3, -0.25) is 19.3 Å². The number of hydrogen-bond acceptors (Lipinski definition) is 6. The molecule has 0 N–H and O–H groups in total. The van der Waals surface area contributed by atoms with Gasteiger partial charge in [-0.05, 0) is 13.8 Å². The van der Waals surface area contributed by atoms with Crippen molar-refractivity contribution in [1.82, 2.24) is 4.98 Å². The van der Waals surface area contributed by atoms with Crippen LogP contribution >= 0.6 is 0 Å². The van der Waals surface area contributed by atoms with E-state index in [1.807, 2.05) is 0 Å². The minimum absolute atomic E-state index is 0.104. The third-order valence-electron chi connectivity index (χ3n) is 2.21. The van der Waals surface area contributed by atoms with Gasteiger partial charge in [-0.15, -0.1) is 0 Å². The minimum atomic E-state index is -3.58. The first-order chi connectivity index (χ1) is 7.87. The summed E-state index contributed by atoms with van der Waals surface area (Å²) in [6.45, 7) is 2.66. The van der Waals surface area contributed by atoms with Crippen molar-refractivity contribution in [3.05, 3.63) is 33.6 Å². The van der Waals surface area contributed by atoms with Gasteiger partial charge in [-0.1, -0.05) is 0 Å². The van der Waals surface area contributed by atoms with E-state index >= 15 is 0 Å². The van der Waals surface area contributed by atoms with Crippen LogP contribution in [0.25, 0.3) is 0 Å². The van der Waals surface area contributed by atoms with Crippen LogP contribution in [0.4, 0.5) is 5.69 Å². The van der Waals surface area contributed by atoms with Gasteiger partial charge in [0.15, 0.2) is 0 Å². The molecule has 0 aliphatic carbocycles. The second kappa shape index (κ2) is 5.19. The average molecular weight is 260 g/mol. The van der Waals surface area contributed by atoms with Crippen LogP contribution in [0.15, 0.2) is 12.3 Å². The summed E-state index contributed by atoms with van der Waals surface area (Å²) in [5.74, 6) is -0.152. The molecule has 1 heterocycles. The lowest BCUT2D eigenvalue weighted by Crippen LogP contribution is -2.10. The first kappa shape index (κ1) is 13.5. The van der Waals surface area contributed by atoms with E-state index in [1.54, 1.807) is 0 Å². The van der Waals surface area contributed by atoms with Crippen LogP contribution in [-0.2, 0) is 20.9 Å². The Labute approximate surface area is 98.7 Å². The summed E-state index contributed by atoms with van der Waals surface area (Å²) in [4.78, 5) is 14.0. The lowest BCUT2D eigenvalue weighted by Gasteiger charge is -2.05. The van der Waals surface area contributed by atoms with Crippen LogP contribution in [0.1, 0.15) is 18.2 Å². The van der Waals surface area contributed by atoms with E-state index in [1.165, 1.54) is 26.1 Å². The van der Waals surface area contributed by atoms with Crippen LogP contribution in [0.5, 0.6) is 0 Å². The molecule has 94 valence electrons. The van der Waals surface area contributed by atoms with Gasteiger partial charge in [0.25, 0.3) is 15.8 Å². The molecule has 17 heavy (non-hydrogen) atoms. The summed E-state index contributed by atoms with van der Waals surface area (Å²) in [6.07, 6.45) is 1.25. The molecule has 0 aliphatic rings. The number of nitro groups is 1. The Morgan fingerprint density at radius 3 is 2.71 bits per heavy atom. The lowest BCUT2D eigenvalue weighted by molar-refractivity contribution is -0.385. The quantitative estimate of drug-likeness (QED) is 0.447. The van der Waals surface area contributed by atoms with E-state index in [0.29, 0.717) is 5.56 Å². The monoisotopic (exact) mass is 260 g/mol. The van der Waals surface area contributed by atoms with Crippen LogP contribution in [0.2, 0.25) is 0 Å². The molecule has 0 aliphatic heterocycles. The number of hydrogen-bond donors (Lipinski definition) is 0. The smallest absolute Gasteiger partial charge is 0.264 e. The van der Waals surface area contributed by atoms with Crippen LogP contribution < -0.4 is 0 Å². The zero-order valence-electron chi connectivity index (χ0n) is 9.41. The second-order valence-electron chi connectivity index (χ2n) is 3.27. The summed E-state index contributed by atoms with van der Waals surface area (Å²) >= 11 is 0. The maximum Gasteiger partial charge on any atom is 0.275 e. The normalized spacial score (nSPS) is 11.4. The third-order valence-corrected chi connectivity index (χ3v) is 3.39. The van der Waals surface area contributed by atoms with Gasteiger partial charge in [-0.2, -0.15) is 8.42 Å². The predicted molar refractivity (Wildman–Crippen MR) is 59.9 cm³/mol. The van der Waals surface area contributed by atoms with Gasteiger partial charge in [0.05, 0.1) is 21.9 Å². The summed E-state index contributed by atoms with van der Waals surface area (Å²) in [7, 11) is -3.58. The molecular weight excluding hydrogens is 248 g/mol. The average Bonchev–Trinajstić information content (AvgIpc) is 2.27. The van der Waals surface area contributed by atoms with Crippen molar-refractivity contribution >= 4 is 15.8 Å². The van der Waals surface area contributed by atoms with Crippen molar-refractivity contribution in [3.8, 4) is 0 Å². The number of pyridine rings is 1. The fourth-order valence-corrected chi connectivity index (χ4v) is 1.60. The molecule has 0 saturated heterocycles.